The molecule has 0 unspecified atom stereocenters. The third-order valence-corrected chi connectivity index (χ3v) is 7.79. The quantitative estimate of drug-likeness (QED) is 0.0424. The molecule has 238 valence electrons. The summed E-state index contributed by atoms with van der Waals surface area (Å²) in [7, 11) is -4.81. The monoisotopic (exact) mass is 628 g/mol. The van der Waals surface area contributed by atoms with Crippen molar-refractivity contribution in [2.45, 2.75) is 134 Å². The maximum atomic E-state index is 12.8. The average Bonchev–Trinajstić information content (AvgIpc) is 2.97. The third kappa shape index (κ3) is 21.0. The van der Waals surface area contributed by atoms with Gasteiger partial charge in [-0.3, -0.25) is 0 Å². The average molecular weight is 629 g/mol. The van der Waals surface area contributed by atoms with Gasteiger partial charge in [-0.05, 0) is 69.6 Å². The number of carbonyl (C=O) groups is 2. The van der Waals surface area contributed by atoms with Crippen molar-refractivity contribution in [3.8, 4) is 0 Å². The van der Waals surface area contributed by atoms with Crippen LogP contribution in [0.2, 0.25) is 0 Å². The van der Waals surface area contributed by atoms with Crippen LogP contribution in [0.3, 0.4) is 0 Å². The number of benzene rings is 1. The first-order valence-corrected chi connectivity index (χ1v) is 17.5. The summed E-state index contributed by atoms with van der Waals surface area (Å²) in [5, 5.41) is 0. The smallest absolute Gasteiger partial charge is 0.744 e. The topological polar surface area (TPSA) is 110 Å². The van der Waals surface area contributed by atoms with E-state index in [1.165, 1.54) is 32.1 Å². The Hall–Kier alpha value is -1.45. The van der Waals surface area contributed by atoms with Gasteiger partial charge in [0, 0.05) is 0 Å². The number of unbranched alkanes of at least 4 members (excludes halogenated alkanes) is 14. The van der Waals surface area contributed by atoms with Gasteiger partial charge < -0.3 is 14.0 Å². The van der Waals surface area contributed by atoms with E-state index in [-0.39, 0.29) is 53.9 Å². The third-order valence-electron chi connectivity index (χ3n) is 6.96. The van der Waals surface area contributed by atoms with Gasteiger partial charge in [0.15, 0.2) is 0 Å². The van der Waals surface area contributed by atoms with Gasteiger partial charge >= 0.3 is 41.5 Å². The van der Waals surface area contributed by atoms with Gasteiger partial charge in [-0.15, -0.1) is 0 Å². The molecule has 0 aromatic heterocycles. The predicted octanol–water partition coefficient (Wildman–Crippen LogP) is 6.08. The van der Waals surface area contributed by atoms with Crippen molar-refractivity contribution in [3.63, 3.8) is 0 Å². The Balaban J connectivity index is 0.0000176. The van der Waals surface area contributed by atoms with Gasteiger partial charge in [-0.1, -0.05) is 102 Å². The maximum Gasteiger partial charge on any atom is 1.00 e. The first-order valence-electron chi connectivity index (χ1n) is 16.0. The van der Waals surface area contributed by atoms with Crippen molar-refractivity contribution in [2.75, 3.05) is 13.2 Å². The van der Waals surface area contributed by atoms with Crippen molar-refractivity contribution in [3.05, 3.63) is 53.6 Å². The van der Waals surface area contributed by atoms with Gasteiger partial charge in [0.2, 0.25) is 0 Å². The second kappa shape index (κ2) is 26.9. The van der Waals surface area contributed by atoms with Crippen LogP contribution in [0.25, 0.3) is 0 Å². The minimum Gasteiger partial charge on any atom is -0.744 e. The molecule has 0 spiro atoms. The Morgan fingerprint density at radius 1 is 0.628 bits per heavy atom. The standard InChI is InChI=1S/C34H54O7S.Na/c1-3-5-7-9-11-13-15-17-19-21-23-27-40-33(35)31-26-25-30(42(37,38)39)29-32(31)34(36)41-28-24-22-20-18-16-14-12-10-8-6-4-2;/h7-10,25-26,29H,3-6,11-24,27-28H2,1-2H3,(H,37,38,39);/q;+1/p-1/b9-7+,10-8+;. The van der Waals surface area contributed by atoms with Crippen molar-refractivity contribution < 1.29 is 61.6 Å². The molecule has 1 aromatic carbocycles. The molecule has 0 fully saturated rings. The second-order valence-corrected chi connectivity index (χ2v) is 12.2. The Labute approximate surface area is 283 Å². The summed E-state index contributed by atoms with van der Waals surface area (Å²) in [5.74, 6) is -1.57. The molecule has 0 saturated heterocycles. The number of hydrogen-bond acceptors (Lipinski definition) is 7. The second-order valence-electron chi connectivity index (χ2n) is 10.8. The van der Waals surface area contributed by atoms with Gasteiger partial charge in [0.25, 0.3) is 0 Å². The van der Waals surface area contributed by atoms with Crippen LogP contribution in [0.5, 0.6) is 0 Å². The molecule has 43 heavy (non-hydrogen) atoms. The Morgan fingerprint density at radius 2 is 1.02 bits per heavy atom. The summed E-state index contributed by atoms with van der Waals surface area (Å²) in [6.45, 7) is 4.69. The molecule has 0 radical (unpaired) electrons. The number of allylic oxidation sites excluding steroid dienone is 4. The molecule has 1 aromatic rings. The van der Waals surface area contributed by atoms with Crippen LogP contribution in [0.15, 0.2) is 47.4 Å². The summed E-state index contributed by atoms with van der Waals surface area (Å²) in [5.41, 5.74) is -0.363. The molecule has 0 atom stereocenters. The van der Waals surface area contributed by atoms with E-state index < -0.39 is 27.0 Å². The summed E-state index contributed by atoms with van der Waals surface area (Å²) in [4.78, 5) is 24.9. The zero-order valence-corrected chi connectivity index (χ0v) is 29.8. The molecule has 0 heterocycles. The minimum atomic E-state index is -4.81. The molecule has 7 nitrogen and oxygen atoms in total. The van der Waals surface area contributed by atoms with Crippen LogP contribution in [0.1, 0.15) is 150 Å². The number of carbonyl (C=O) groups excluding carboxylic acids is 2. The maximum absolute atomic E-state index is 12.8. The summed E-state index contributed by atoms with van der Waals surface area (Å²) in [6, 6.07) is 3.08. The van der Waals surface area contributed by atoms with Crippen LogP contribution >= 0.6 is 0 Å². The van der Waals surface area contributed by atoms with Gasteiger partial charge in [0.1, 0.15) is 10.1 Å². The van der Waals surface area contributed by atoms with Crippen LogP contribution in [-0.2, 0) is 19.6 Å². The predicted molar refractivity (Wildman–Crippen MR) is 168 cm³/mol. The first-order chi connectivity index (χ1) is 20.3. The molecule has 0 aliphatic carbocycles. The SMILES string of the molecule is CCC/C=C/CCCCCCCCOC(=O)c1ccc(S(=O)(=O)[O-])cc1C(=O)OCCCCCCCC/C=C/CCC.[Na+]. The van der Waals surface area contributed by atoms with E-state index in [0.29, 0.717) is 12.8 Å². The Morgan fingerprint density at radius 3 is 1.47 bits per heavy atom. The van der Waals surface area contributed by atoms with Gasteiger partial charge in [-0.2, -0.15) is 0 Å². The van der Waals surface area contributed by atoms with E-state index in [4.69, 9.17) is 9.47 Å². The molecule has 0 N–H and O–H groups in total. The molecule has 1 rings (SSSR count). The molecule has 9 heteroatoms. The summed E-state index contributed by atoms with van der Waals surface area (Å²) in [6.07, 6.45) is 28.1. The first kappa shape index (κ1) is 41.5. The molecular formula is C34H53NaO7S. The van der Waals surface area contributed by atoms with Crippen molar-refractivity contribution in [1.82, 2.24) is 0 Å². The van der Waals surface area contributed by atoms with Crippen molar-refractivity contribution >= 4 is 22.1 Å². The fourth-order valence-electron chi connectivity index (χ4n) is 4.46. The molecule has 0 aliphatic rings. The number of esters is 2. The number of hydrogen-bond donors (Lipinski definition) is 0. The minimum absolute atomic E-state index is 0. The van der Waals surface area contributed by atoms with E-state index in [9.17, 15) is 22.6 Å². The van der Waals surface area contributed by atoms with Crippen LogP contribution < -0.4 is 29.6 Å². The zero-order chi connectivity index (χ0) is 30.9. The van der Waals surface area contributed by atoms with Gasteiger partial charge in [0.05, 0.1) is 29.2 Å². The van der Waals surface area contributed by atoms with E-state index in [2.05, 4.69) is 38.2 Å². The summed E-state index contributed by atoms with van der Waals surface area (Å²) >= 11 is 0. The van der Waals surface area contributed by atoms with Crippen LogP contribution in [-0.4, -0.2) is 38.1 Å². The molecule has 0 amide bonds. The number of rotatable bonds is 25. The fourth-order valence-corrected chi connectivity index (χ4v) is 4.96. The van der Waals surface area contributed by atoms with E-state index in [1.54, 1.807) is 0 Å². The van der Waals surface area contributed by atoms with E-state index in [0.717, 1.165) is 88.8 Å². The number of ether oxygens (including phenoxy) is 2. The van der Waals surface area contributed by atoms with Crippen molar-refractivity contribution in [1.29, 1.82) is 0 Å². The molecular weight excluding hydrogens is 575 g/mol. The van der Waals surface area contributed by atoms with Crippen molar-refractivity contribution in [2.24, 2.45) is 0 Å². The zero-order valence-electron chi connectivity index (χ0n) is 26.9. The molecule has 0 aliphatic heterocycles. The van der Waals surface area contributed by atoms with Gasteiger partial charge in [-0.25, -0.2) is 18.0 Å². The fraction of sp³-hybridized carbons (Fsp3) is 0.647. The normalized spacial score (nSPS) is 11.6. The van der Waals surface area contributed by atoms with Crippen LogP contribution in [0.4, 0.5) is 0 Å². The largest absolute Gasteiger partial charge is 1.00 e. The van der Waals surface area contributed by atoms with Crippen LogP contribution in [0, 0.1) is 0 Å². The molecule has 0 saturated carbocycles. The Kier molecular flexibility index (Phi) is 26.0. The summed E-state index contributed by atoms with van der Waals surface area (Å²) < 4.78 is 45.3. The van der Waals surface area contributed by atoms with E-state index >= 15 is 0 Å². The Bertz CT molecular complexity index is 1050. The van der Waals surface area contributed by atoms with E-state index in [1.807, 2.05) is 0 Å². The molecule has 0 bridgehead atoms.